The van der Waals surface area contributed by atoms with Gasteiger partial charge in [-0.15, -0.1) is 0 Å². The van der Waals surface area contributed by atoms with Crippen LogP contribution in [-0.4, -0.2) is 31.2 Å². The van der Waals surface area contributed by atoms with Crippen LogP contribution in [-0.2, 0) is 16.0 Å². The summed E-state index contributed by atoms with van der Waals surface area (Å²) < 4.78 is 4.97. The van der Waals surface area contributed by atoms with Crippen molar-refractivity contribution in [3.05, 3.63) is 59.1 Å². The van der Waals surface area contributed by atoms with Gasteiger partial charge in [0, 0.05) is 40.0 Å². The number of carbonyl (C=O) groups excluding carboxylic acids is 1. The molecule has 0 aliphatic heterocycles. The Labute approximate surface area is 155 Å². The van der Waals surface area contributed by atoms with Crippen LogP contribution in [0.2, 0.25) is 5.02 Å². The summed E-state index contributed by atoms with van der Waals surface area (Å²) >= 11 is 7.56. The number of para-hydroxylation sites is 1. The van der Waals surface area contributed by atoms with Crippen LogP contribution in [0.15, 0.2) is 58.5 Å². The molecule has 0 saturated carbocycles. The van der Waals surface area contributed by atoms with Gasteiger partial charge in [0.1, 0.15) is 0 Å². The van der Waals surface area contributed by atoms with Gasteiger partial charge >= 0.3 is 0 Å². The van der Waals surface area contributed by atoms with Gasteiger partial charge in [-0.1, -0.05) is 41.6 Å². The molecule has 0 aliphatic rings. The lowest BCUT2D eigenvalue weighted by atomic mass is 10.1. The smallest absolute Gasteiger partial charge is 0.224 e. The highest BCUT2D eigenvalue weighted by Crippen LogP contribution is 2.35. The summed E-state index contributed by atoms with van der Waals surface area (Å²) in [7, 11) is 1.62. The van der Waals surface area contributed by atoms with Gasteiger partial charge in [0.25, 0.3) is 0 Å². The molecule has 1 heterocycles. The van der Waals surface area contributed by atoms with E-state index < -0.39 is 0 Å². The summed E-state index contributed by atoms with van der Waals surface area (Å²) in [6, 6.07) is 15.7. The summed E-state index contributed by atoms with van der Waals surface area (Å²) in [6.07, 6.45) is 0.323. The second kappa shape index (κ2) is 8.43. The molecule has 4 nitrogen and oxygen atoms in total. The fourth-order valence-electron chi connectivity index (χ4n) is 2.57. The maximum Gasteiger partial charge on any atom is 0.224 e. The number of halogens is 1. The lowest BCUT2D eigenvalue weighted by Gasteiger charge is -2.07. The number of nitrogens with one attached hydrogen (secondary N) is 2. The van der Waals surface area contributed by atoms with Crippen LogP contribution in [0, 0.1) is 0 Å². The molecule has 0 radical (unpaired) electrons. The minimum atomic E-state index is -0.0141. The number of hydrogen-bond donors (Lipinski definition) is 2. The Morgan fingerprint density at radius 3 is 2.72 bits per heavy atom. The van der Waals surface area contributed by atoms with Gasteiger partial charge < -0.3 is 15.0 Å². The van der Waals surface area contributed by atoms with Crippen LogP contribution >= 0.6 is 23.4 Å². The first-order valence-electron chi connectivity index (χ1n) is 7.96. The number of aromatic nitrogens is 1. The molecule has 0 unspecified atom stereocenters. The fraction of sp³-hybridized carbons (Fsp3) is 0.211. The third-order valence-corrected chi connectivity index (χ3v) is 5.09. The highest BCUT2D eigenvalue weighted by atomic mass is 35.5. The fourth-order valence-corrected chi connectivity index (χ4v) is 3.67. The Balaban J connectivity index is 1.86. The molecule has 130 valence electrons. The molecule has 0 aliphatic carbocycles. The molecule has 2 aromatic carbocycles. The van der Waals surface area contributed by atoms with Crippen molar-refractivity contribution in [3.63, 3.8) is 0 Å². The third-order valence-electron chi connectivity index (χ3n) is 3.77. The Hall–Kier alpha value is -1.95. The van der Waals surface area contributed by atoms with Crippen molar-refractivity contribution >= 4 is 40.2 Å². The van der Waals surface area contributed by atoms with Crippen molar-refractivity contribution in [2.24, 2.45) is 0 Å². The van der Waals surface area contributed by atoms with Gasteiger partial charge in [0.15, 0.2) is 0 Å². The molecule has 1 amide bonds. The van der Waals surface area contributed by atoms with Gasteiger partial charge in [-0.25, -0.2) is 0 Å². The van der Waals surface area contributed by atoms with E-state index in [2.05, 4.69) is 10.3 Å². The first-order valence-corrected chi connectivity index (χ1v) is 9.15. The van der Waals surface area contributed by atoms with E-state index in [9.17, 15) is 4.79 Å². The number of hydrogen-bond acceptors (Lipinski definition) is 3. The van der Waals surface area contributed by atoms with Crippen molar-refractivity contribution in [3.8, 4) is 0 Å². The number of benzene rings is 2. The number of rotatable bonds is 7. The van der Waals surface area contributed by atoms with Gasteiger partial charge in [-0.2, -0.15) is 0 Å². The molecular formula is C19H19ClN2O2S. The molecule has 3 aromatic rings. The predicted molar refractivity (Wildman–Crippen MR) is 102 cm³/mol. The summed E-state index contributed by atoms with van der Waals surface area (Å²) in [5.74, 6) is -0.0141. The normalized spacial score (nSPS) is 11.0. The van der Waals surface area contributed by atoms with Crippen LogP contribution in [0.1, 0.15) is 5.56 Å². The molecule has 2 N–H and O–H groups in total. The molecule has 3 rings (SSSR count). The van der Waals surface area contributed by atoms with E-state index in [4.69, 9.17) is 16.3 Å². The zero-order chi connectivity index (χ0) is 17.6. The molecule has 0 saturated heterocycles. The monoisotopic (exact) mass is 374 g/mol. The highest BCUT2D eigenvalue weighted by molar-refractivity contribution is 7.99. The molecular weight excluding hydrogens is 356 g/mol. The van der Waals surface area contributed by atoms with Crippen molar-refractivity contribution in [1.29, 1.82) is 0 Å². The van der Waals surface area contributed by atoms with Crippen LogP contribution in [0.5, 0.6) is 0 Å². The van der Waals surface area contributed by atoms with E-state index in [1.54, 1.807) is 18.9 Å². The average Bonchev–Trinajstić information content (AvgIpc) is 2.95. The topological polar surface area (TPSA) is 54.1 Å². The lowest BCUT2D eigenvalue weighted by molar-refractivity contribution is -0.120. The standard InChI is InChI=1S/C19H19ClN2O2S/c1-24-11-10-21-18(23)12-16-15-4-2-3-5-17(15)22-19(16)25-14-8-6-13(20)7-9-14/h2-9,22H,10-12H2,1H3,(H,21,23). The Morgan fingerprint density at radius 1 is 1.20 bits per heavy atom. The van der Waals surface area contributed by atoms with Crippen molar-refractivity contribution in [2.75, 3.05) is 20.3 Å². The molecule has 0 spiro atoms. The number of amides is 1. The van der Waals surface area contributed by atoms with E-state index >= 15 is 0 Å². The van der Waals surface area contributed by atoms with Crippen molar-refractivity contribution in [2.45, 2.75) is 16.3 Å². The zero-order valence-electron chi connectivity index (χ0n) is 13.8. The molecule has 0 bridgehead atoms. The lowest BCUT2D eigenvalue weighted by Crippen LogP contribution is -2.28. The Kier molecular flexibility index (Phi) is 6.02. The predicted octanol–water partition coefficient (Wildman–Crippen LogP) is 4.28. The Morgan fingerprint density at radius 2 is 1.96 bits per heavy atom. The molecule has 0 atom stereocenters. The van der Waals surface area contributed by atoms with Gasteiger partial charge in [0.05, 0.1) is 18.1 Å². The second-order valence-electron chi connectivity index (χ2n) is 5.55. The molecule has 6 heteroatoms. The van der Waals surface area contributed by atoms with Crippen LogP contribution < -0.4 is 5.32 Å². The van der Waals surface area contributed by atoms with Crippen molar-refractivity contribution in [1.82, 2.24) is 10.3 Å². The summed E-state index contributed by atoms with van der Waals surface area (Å²) in [5.41, 5.74) is 2.03. The Bertz CT molecular complexity index is 861. The summed E-state index contributed by atoms with van der Waals surface area (Å²) in [5, 5.41) is 5.64. The van der Waals surface area contributed by atoms with E-state index in [-0.39, 0.29) is 5.91 Å². The average molecular weight is 375 g/mol. The zero-order valence-corrected chi connectivity index (χ0v) is 15.4. The summed E-state index contributed by atoms with van der Waals surface area (Å²) in [6.45, 7) is 1.02. The van der Waals surface area contributed by atoms with E-state index in [0.717, 1.165) is 26.4 Å². The first-order chi connectivity index (χ1) is 12.2. The van der Waals surface area contributed by atoms with Gasteiger partial charge in [-0.05, 0) is 30.3 Å². The summed E-state index contributed by atoms with van der Waals surface area (Å²) in [4.78, 5) is 16.8. The van der Waals surface area contributed by atoms with Crippen LogP contribution in [0.25, 0.3) is 10.9 Å². The minimum Gasteiger partial charge on any atom is -0.383 e. The van der Waals surface area contributed by atoms with Crippen LogP contribution in [0.4, 0.5) is 0 Å². The highest BCUT2D eigenvalue weighted by Gasteiger charge is 2.15. The number of carbonyl (C=O) groups is 1. The van der Waals surface area contributed by atoms with E-state index in [1.807, 2.05) is 48.5 Å². The number of fused-ring (bicyclic) bond motifs is 1. The maximum atomic E-state index is 12.3. The van der Waals surface area contributed by atoms with Gasteiger partial charge in [0.2, 0.25) is 5.91 Å². The number of methoxy groups -OCH3 is 1. The SMILES string of the molecule is COCCNC(=O)Cc1c(Sc2ccc(Cl)cc2)[nH]c2ccccc12. The van der Waals surface area contributed by atoms with Crippen LogP contribution in [0.3, 0.4) is 0 Å². The molecule has 0 fully saturated rings. The maximum absolute atomic E-state index is 12.3. The quantitative estimate of drug-likeness (QED) is 0.607. The van der Waals surface area contributed by atoms with Crippen molar-refractivity contribution < 1.29 is 9.53 Å². The largest absolute Gasteiger partial charge is 0.383 e. The second-order valence-corrected chi connectivity index (χ2v) is 7.07. The molecule has 25 heavy (non-hydrogen) atoms. The van der Waals surface area contributed by atoms with E-state index in [1.165, 1.54) is 0 Å². The first kappa shape index (κ1) is 17.9. The number of ether oxygens (including phenoxy) is 1. The van der Waals surface area contributed by atoms with E-state index in [0.29, 0.717) is 24.6 Å². The third kappa shape index (κ3) is 4.57. The minimum absolute atomic E-state index is 0.0141. The number of aromatic amines is 1. The molecule has 1 aromatic heterocycles. The number of H-pyrrole nitrogens is 1. The van der Waals surface area contributed by atoms with Gasteiger partial charge in [-0.3, -0.25) is 4.79 Å².